The maximum atomic E-state index is 9.74. The van der Waals surface area contributed by atoms with Crippen molar-refractivity contribution in [2.45, 2.75) is 6.29 Å². The predicted molar refractivity (Wildman–Crippen MR) is 33.0 cm³/mol. The Hall–Kier alpha value is -0.670. The Kier molecular flexibility index (Phi) is 5.06. The molecule has 0 aromatic carbocycles. The fraction of sp³-hybridized carbons (Fsp3) is 0.500. The Balaban J connectivity index is 3.53. The fourth-order valence-electron chi connectivity index (χ4n) is 0.389. The maximum absolute atomic E-state index is 9.74. The lowest BCUT2D eigenvalue weighted by Crippen LogP contribution is -2.08. The van der Waals surface area contributed by atoms with Gasteiger partial charge in [0.1, 0.15) is 6.29 Å². The van der Waals surface area contributed by atoms with Crippen LogP contribution in [-0.4, -0.2) is 26.8 Å². The van der Waals surface area contributed by atoms with E-state index in [0.29, 0.717) is 6.29 Å². The number of carbonyl (C=O) groups excluding carboxylic acids is 1. The minimum Gasteiger partial charge on any atom is -0.352 e. The van der Waals surface area contributed by atoms with Crippen molar-refractivity contribution in [2.75, 3.05) is 14.2 Å². The molecule has 0 spiro atoms. The number of carbonyl (C=O) groups is 1. The van der Waals surface area contributed by atoms with Gasteiger partial charge in [-0.25, -0.2) is 0 Å². The summed E-state index contributed by atoms with van der Waals surface area (Å²) in [6.45, 7) is 0. The molecular formula is C6H10O3. The van der Waals surface area contributed by atoms with Crippen molar-refractivity contribution >= 4 is 6.29 Å². The number of allylic oxidation sites excluding steroid dienone is 1. The Morgan fingerprint density at radius 1 is 1.33 bits per heavy atom. The molecule has 0 rings (SSSR count). The van der Waals surface area contributed by atoms with Crippen molar-refractivity contribution in [3.8, 4) is 0 Å². The van der Waals surface area contributed by atoms with Crippen LogP contribution in [0.4, 0.5) is 0 Å². The van der Waals surface area contributed by atoms with Gasteiger partial charge in [-0.1, -0.05) is 0 Å². The summed E-state index contributed by atoms with van der Waals surface area (Å²) in [5.41, 5.74) is 0. The summed E-state index contributed by atoms with van der Waals surface area (Å²) < 4.78 is 9.47. The number of rotatable bonds is 4. The van der Waals surface area contributed by atoms with Crippen LogP contribution in [0.15, 0.2) is 12.2 Å². The highest BCUT2D eigenvalue weighted by Crippen LogP contribution is 1.90. The zero-order chi connectivity index (χ0) is 7.11. The molecule has 0 aliphatic heterocycles. The molecule has 3 nitrogen and oxygen atoms in total. The minimum atomic E-state index is -0.407. The molecule has 0 atom stereocenters. The van der Waals surface area contributed by atoms with Gasteiger partial charge >= 0.3 is 0 Å². The van der Waals surface area contributed by atoms with E-state index >= 15 is 0 Å². The third kappa shape index (κ3) is 3.88. The van der Waals surface area contributed by atoms with Gasteiger partial charge in [-0.2, -0.15) is 0 Å². The van der Waals surface area contributed by atoms with Gasteiger partial charge in [0.25, 0.3) is 0 Å². The molecule has 52 valence electrons. The smallest absolute Gasteiger partial charge is 0.176 e. The number of hydrogen-bond acceptors (Lipinski definition) is 3. The molecule has 0 aliphatic rings. The lowest BCUT2D eigenvalue weighted by molar-refractivity contribution is -0.104. The molecule has 0 aromatic heterocycles. The van der Waals surface area contributed by atoms with Gasteiger partial charge in [0, 0.05) is 14.2 Å². The Morgan fingerprint density at radius 3 is 2.22 bits per heavy atom. The summed E-state index contributed by atoms with van der Waals surface area (Å²) in [5.74, 6) is 0. The summed E-state index contributed by atoms with van der Waals surface area (Å²) in [4.78, 5) is 9.74. The zero-order valence-electron chi connectivity index (χ0n) is 5.53. The van der Waals surface area contributed by atoms with E-state index in [1.165, 1.54) is 26.4 Å². The van der Waals surface area contributed by atoms with Gasteiger partial charge in [0.2, 0.25) is 0 Å². The molecule has 3 heteroatoms. The SMILES string of the molecule is COC(C=CC=O)OC. The standard InChI is InChI=1S/C6H10O3/c1-8-6(9-2)4-3-5-7/h3-6H,1-2H3. The number of aldehydes is 1. The second-order valence-electron chi connectivity index (χ2n) is 1.36. The molecule has 0 heterocycles. The average molecular weight is 130 g/mol. The van der Waals surface area contributed by atoms with Crippen molar-refractivity contribution in [3.63, 3.8) is 0 Å². The van der Waals surface area contributed by atoms with E-state index < -0.39 is 6.29 Å². The van der Waals surface area contributed by atoms with E-state index in [2.05, 4.69) is 0 Å². The normalized spacial score (nSPS) is 11.0. The minimum absolute atomic E-state index is 0.407. The molecule has 0 N–H and O–H groups in total. The molecule has 0 fully saturated rings. The summed E-state index contributed by atoms with van der Waals surface area (Å²) in [6, 6.07) is 0. The molecule has 0 radical (unpaired) electrons. The van der Waals surface area contributed by atoms with E-state index in [0.717, 1.165) is 0 Å². The molecule has 9 heavy (non-hydrogen) atoms. The first-order valence-corrected chi connectivity index (χ1v) is 2.52. The summed E-state index contributed by atoms with van der Waals surface area (Å²) in [6.07, 6.45) is 3.12. The monoisotopic (exact) mass is 130 g/mol. The zero-order valence-corrected chi connectivity index (χ0v) is 5.53. The second kappa shape index (κ2) is 5.47. The third-order valence-corrected chi connectivity index (χ3v) is 0.811. The maximum Gasteiger partial charge on any atom is 0.176 e. The first-order chi connectivity index (χ1) is 4.35. The number of hydrogen-bond donors (Lipinski definition) is 0. The first kappa shape index (κ1) is 8.33. The van der Waals surface area contributed by atoms with Crippen LogP contribution in [0.3, 0.4) is 0 Å². The van der Waals surface area contributed by atoms with E-state index in [9.17, 15) is 4.79 Å². The summed E-state index contributed by atoms with van der Waals surface area (Å²) in [7, 11) is 3.01. The number of methoxy groups -OCH3 is 2. The molecule has 0 aliphatic carbocycles. The Morgan fingerprint density at radius 2 is 1.89 bits per heavy atom. The highest BCUT2D eigenvalue weighted by atomic mass is 16.7. The van der Waals surface area contributed by atoms with Crippen molar-refractivity contribution in [3.05, 3.63) is 12.2 Å². The molecular weight excluding hydrogens is 120 g/mol. The molecule has 0 aromatic rings. The molecule has 0 unspecified atom stereocenters. The highest BCUT2D eigenvalue weighted by molar-refractivity contribution is 5.64. The van der Waals surface area contributed by atoms with Crippen molar-refractivity contribution in [1.82, 2.24) is 0 Å². The largest absolute Gasteiger partial charge is 0.352 e. The first-order valence-electron chi connectivity index (χ1n) is 2.52. The third-order valence-electron chi connectivity index (χ3n) is 0.811. The predicted octanol–water partition coefficient (Wildman–Crippen LogP) is 0.360. The van der Waals surface area contributed by atoms with Crippen molar-refractivity contribution in [2.24, 2.45) is 0 Å². The van der Waals surface area contributed by atoms with Crippen LogP contribution in [0.1, 0.15) is 0 Å². The molecule has 0 saturated heterocycles. The topological polar surface area (TPSA) is 35.5 Å². The molecule has 0 saturated carbocycles. The number of ether oxygens (including phenoxy) is 2. The Bertz CT molecular complexity index is 94.5. The van der Waals surface area contributed by atoms with Crippen LogP contribution in [0.5, 0.6) is 0 Å². The van der Waals surface area contributed by atoms with Gasteiger partial charge in [-0.3, -0.25) is 4.79 Å². The van der Waals surface area contributed by atoms with E-state index in [-0.39, 0.29) is 0 Å². The highest BCUT2D eigenvalue weighted by Gasteiger charge is 1.94. The average Bonchev–Trinajstić information content (AvgIpc) is 1.91. The van der Waals surface area contributed by atoms with Crippen LogP contribution in [0, 0.1) is 0 Å². The van der Waals surface area contributed by atoms with Crippen LogP contribution >= 0.6 is 0 Å². The summed E-state index contributed by atoms with van der Waals surface area (Å²) in [5, 5.41) is 0. The van der Waals surface area contributed by atoms with Gasteiger partial charge in [0.05, 0.1) is 0 Å². The molecule has 0 amide bonds. The van der Waals surface area contributed by atoms with Gasteiger partial charge in [-0.05, 0) is 12.2 Å². The van der Waals surface area contributed by atoms with Crippen molar-refractivity contribution < 1.29 is 14.3 Å². The van der Waals surface area contributed by atoms with Gasteiger partial charge in [-0.15, -0.1) is 0 Å². The van der Waals surface area contributed by atoms with Crippen LogP contribution < -0.4 is 0 Å². The fourth-order valence-corrected chi connectivity index (χ4v) is 0.389. The van der Waals surface area contributed by atoms with Gasteiger partial charge in [0.15, 0.2) is 6.29 Å². The van der Waals surface area contributed by atoms with Crippen molar-refractivity contribution in [1.29, 1.82) is 0 Å². The van der Waals surface area contributed by atoms with Crippen LogP contribution in [-0.2, 0) is 14.3 Å². The van der Waals surface area contributed by atoms with E-state index in [4.69, 9.17) is 9.47 Å². The van der Waals surface area contributed by atoms with Gasteiger partial charge < -0.3 is 9.47 Å². The van der Waals surface area contributed by atoms with E-state index in [1.807, 2.05) is 0 Å². The Labute approximate surface area is 54.3 Å². The summed E-state index contributed by atoms with van der Waals surface area (Å²) >= 11 is 0. The lowest BCUT2D eigenvalue weighted by Gasteiger charge is -2.05. The quantitative estimate of drug-likeness (QED) is 0.313. The lowest BCUT2D eigenvalue weighted by atomic mass is 10.5. The van der Waals surface area contributed by atoms with E-state index in [1.54, 1.807) is 0 Å². The molecule has 0 bridgehead atoms. The van der Waals surface area contributed by atoms with Crippen LogP contribution in [0.25, 0.3) is 0 Å². The second-order valence-corrected chi connectivity index (χ2v) is 1.36. The van der Waals surface area contributed by atoms with Crippen LogP contribution in [0.2, 0.25) is 0 Å².